The number of hydrogen-bond acceptors (Lipinski definition) is 6. The molecule has 0 aliphatic rings. The summed E-state index contributed by atoms with van der Waals surface area (Å²) in [6.45, 7) is 4.36. The highest BCUT2D eigenvalue weighted by atomic mass is 16.6. The van der Waals surface area contributed by atoms with Crippen LogP contribution in [0.25, 0.3) is 6.08 Å². The first-order chi connectivity index (χ1) is 16.4. The van der Waals surface area contributed by atoms with E-state index in [2.05, 4.69) is 5.32 Å². The average molecular weight is 457 g/mol. The van der Waals surface area contributed by atoms with Gasteiger partial charge in [-0.2, -0.15) is 5.26 Å². The molecule has 0 atom stereocenters. The molecule has 8 heteroatoms. The Balaban J connectivity index is 1.75. The van der Waals surface area contributed by atoms with E-state index in [-0.39, 0.29) is 17.9 Å². The van der Waals surface area contributed by atoms with Gasteiger partial charge in [-0.3, -0.25) is 14.9 Å². The second kappa shape index (κ2) is 11.3. The van der Waals surface area contributed by atoms with E-state index in [4.69, 9.17) is 9.47 Å². The number of rotatable bonds is 9. The molecule has 34 heavy (non-hydrogen) atoms. The predicted octanol–water partition coefficient (Wildman–Crippen LogP) is 5.43. The Morgan fingerprint density at radius 2 is 1.76 bits per heavy atom. The van der Waals surface area contributed by atoms with Gasteiger partial charge in [0, 0.05) is 17.8 Å². The Morgan fingerprint density at radius 3 is 2.38 bits per heavy atom. The number of nitro groups is 1. The van der Waals surface area contributed by atoms with Crippen molar-refractivity contribution >= 4 is 23.4 Å². The molecule has 1 amide bonds. The third kappa shape index (κ3) is 6.43. The second-order valence-electron chi connectivity index (χ2n) is 7.34. The molecule has 0 aliphatic carbocycles. The summed E-state index contributed by atoms with van der Waals surface area (Å²) in [6.07, 6.45) is 1.48. The van der Waals surface area contributed by atoms with Crippen LogP contribution >= 0.6 is 0 Å². The highest BCUT2D eigenvalue weighted by Gasteiger charge is 2.12. The molecule has 3 aromatic rings. The predicted molar refractivity (Wildman–Crippen MR) is 128 cm³/mol. The summed E-state index contributed by atoms with van der Waals surface area (Å²) in [6, 6.07) is 20.4. The van der Waals surface area contributed by atoms with Gasteiger partial charge in [0.2, 0.25) is 0 Å². The van der Waals surface area contributed by atoms with E-state index in [0.717, 1.165) is 11.1 Å². The van der Waals surface area contributed by atoms with Crippen LogP contribution < -0.4 is 14.8 Å². The number of carbonyl (C=O) groups excluding carboxylic acids is 1. The van der Waals surface area contributed by atoms with E-state index in [1.165, 1.54) is 18.2 Å². The van der Waals surface area contributed by atoms with Crippen LogP contribution in [0.3, 0.4) is 0 Å². The van der Waals surface area contributed by atoms with Crippen molar-refractivity contribution < 1.29 is 19.2 Å². The quantitative estimate of drug-likeness (QED) is 0.198. The highest BCUT2D eigenvalue weighted by molar-refractivity contribution is 6.09. The molecular formula is C26H23N3O5. The summed E-state index contributed by atoms with van der Waals surface area (Å²) < 4.78 is 11.5. The fourth-order valence-electron chi connectivity index (χ4n) is 3.03. The molecule has 0 aromatic heterocycles. The monoisotopic (exact) mass is 457 g/mol. The van der Waals surface area contributed by atoms with Crippen LogP contribution in [0, 0.1) is 28.4 Å². The number of anilines is 1. The van der Waals surface area contributed by atoms with Gasteiger partial charge in [0.05, 0.1) is 11.5 Å². The number of benzene rings is 3. The minimum absolute atomic E-state index is 0.00890. The average Bonchev–Trinajstić information content (AvgIpc) is 2.83. The molecule has 0 radical (unpaired) electrons. The first kappa shape index (κ1) is 24.0. The van der Waals surface area contributed by atoms with E-state index in [0.29, 0.717) is 29.4 Å². The topological polar surface area (TPSA) is 114 Å². The molecule has 0 spiro atoms. The zero-order chi connectivity index (χ0) is 24.5. The Kier molecular flexibility index (Phi) is 7.97. The number of nitrogens with one attached hydrogen (secondary N) is 1. The molecule has 0 fully saturated rings. The third-order valence-corrected chi connectivity index (χ3v) is 4.79. The SMILES string of the molecule is CCOc1cc(/C=C(/C#N)C(=O)Nc2ccc(C)cc2)ccc1OCc1ccc([N+](=O)[O-])cc1. The number of aryl methyl sites for hydroxylation is 1. The molecule has 0 aliphatic heterocycles. The lowest BCUT2D eigenvalue weighted by atomic mass is 10.1. The molecule has 3 aromatic carbocycles. The number of nitrogens with zero attached hydrogens (tertiary/aromatic N) is 2. The van der Waals surface area contributed by atoms with Crippen molar-refractivity contribution in [2.75, 3.05) is 11.9 Å². The maximum Gasteiger partial charge on any atom is 0.269 e. The third-order valence-electron chi connectivity index (χ3n) is 4.79. The van der Waals surface area contributed by atoms with E-state index in [1.54, 1.807) is 42.5 Å². The van der Waals surface area contributed by atoms with Crippen molar-refractivity contribution in [3.63, 3.8) is 0 Å². The van der Waals surface area contributed by atoms with Crippen molar-refractivity contribution in [1.29, 1.82) is 5.26 Å². The summed E-state index contributed by atoms with van der Waals surface area (Å²) in [5.74, 6) is 0.414. The standard InChI is InChI=1S/C26H23N3O5/c1-3-33-25-15-20(14-21(16-27)26(30)28-22-9-4-18(2)5-10-22)8-13-24(25)34-17-19-6-11-23(12-7-19)29(31)32/h4-15H,3,17H2,1-2H3,(H,28,30)/b21-14-. The summed E-state index contributed by atoms with van der Waals surface area (Å²) in [5.41, 5.74) is 2.98. The Hall–Kier alpha value is -4.64. The number of amides is 1. The van der Waals surface area contributed by atoms with E-state index >= 15 is 0 Å². The molecule has 3 rings (SSSR count). The minimum Gasteiger partial charge on any atom is -0.490 e. The summed E-state index contributed by atoms with van der Waals surface area (Å²) in [4.78, 5) is 22.9. The molecule has 0 unspecified atom stereocenters. The Morgan fingerprint density at radius 1 is 1.06 bits per heavy atom. The van der Waals surface area contributed by atoms with Crippen LogP contribution in [0.15, 0.2) is 72.3 Å². The van der Waals surface area contributed by atoms with E-state index in [1.807, 2.05) is 32.0 Å². The van der Waals surface area contributed by atoms with Crippen molar-refractivity contribution in [2.24, 2.45) is 0 Å². The van der Waals surface area contributed by atoms with Crippen LogP contribution in [0.2, 0.25) is 0 Å². The lowest BCUT2D eigenvalue weighted by Gasteiger charge is -2.13. The van der Waals surface area contributed by atoms with Gasteiger partial charge >= 0.3 is 0 Å². The minimum atomic E-state index is -0.511. The van der Waals surface area contributed by atoms with Crippen LogP contribution in [0.5, 0.6) is 11.5 Å². The fourth-order valence-corrected chi connectivity index (χ4v) is 3.03. The van der Waals surface area contributed by atoms with Gasteiger partial charge in [0.25, 0.3) is 11.6 Å². The number of carbonyl (C=O) groups is 1. The normalized spacial score (nSPS) is 10.8. The fraction of sp³-hybridized carbons (Fsp3) is 0.154. The number of hydrogen-bond donors (Lipinski definition) is 1. The summed E-state index contributed by atoms with van der Waals surface area (Å²) in [5, 5.41) is 23.0. The molecule has 0 heterocycles. The molecule has 0 saturated heterocycles. The van der Waals surface area contributed by atoms with Gasteiger partial charge in [-0.15, -0.1) is 0 Å². The maximum absolute atomic E-state index is 12.5. The van der Waals surface area contributed by atoms with Crippen molar-refractivity contribution in [2.45, 2.75) is 20.5 Å². The number of non-ortho nitro benzene ring substituents is 1. The van der Waals surface area contributed by atoms with Gasteiger partial charge < -0.3 is 14.8 Å². The van der Waals surface area contributed by atoms with Gasteiger partial charge in [0.1, 0.15) is 18.2 Å². The van der Waals surface area contributed by atoms with Gasteiger partial charge in [0.15, 0.2) is 11.5 Å². The molecule has 8 nitrogen and oxygen atoms in total. The van der Waals surface area contributed by atoms with Crippen LogP contribution in [0.1, 0.15) is 23.6 Å². The van der Waals surface area contributed by atoms with Crippen molar-refractivity contribution in [1.82, 2.24) is 0 Å². The number of ether oxygens (including phenoxy) is 2. The Bertz CT molecular complexity index is 1240. The number of nitro benzene ring substituents is 1. The van der Waals surface area contributed by atoms with Crippen molar-refractivity contribution in [3.8, 4) is 17.6 Å². The molecule has 0 saturated carbocycles. The van der Waals surface area contributed by atoms with Gasteiger partial charge in [-0.25, -0.2) is 0 Å². The van der Waals surface area contributed by atoms with E-state index in [9.17, 15) is 20.2 Å². The largest absolute Gasteiger partial charge is 0.490 e. The highest BCUT2D eigenvalue weighted by Crippen LogP contribution is 2.30. The molecule has 1 N–H and O–H groups in total. The lowest BCUT2D eigenvalue weighted by Crippen LogP contribution is -2.13. The van der Waals surface area contributed by atoms with Gasteiger partial charge in [-0.05, 0) is 67.4 Å². The Labute approximate surface area is 197 Å². The maximum atomic E-state index is 12.5. The first-order valence-electron chi connectivity index (χ1n) is 10.5. The smallest absolute Gasteiger partial charge is 0.269 e. The lowest BCUT2D eigenvalue weighted by molar-refractivity contribution is -0.384. The first-order valence-corrected chi connectivity index (χ1v) is 10.5. The van der Waals surface area contributed by atoms with Crippen LogP contribution in [0.4, 0.5) is 11.4 Å². The van der Waals surface area contributed by atoms with Crippen LogP contribution in [-0.2, 0) is 11.4 Å². The van der Waals surface area contributed by atoms with Gasteiger partial charge in [-0.1, -0.05) is 23.8 Å². The molecular weight excluding hydrogens is 434 g/mol. The summed E-state index contributed by atoms with van der Waals surface area (Å²) >= 11 is 0. The van der Waals surface area contributed by atoms with Crippen LogP contribution in [-0.4, -0.2) is 17.4 Å². The number of nitriles is 1. The zero-order valence-corrected chi connectivity index (χ0v) is 18.8. The summed E-state index contributed by atoms with van der Waals surface area (Å²) in [7, 11) is 0. The molecule has 0 bridgehead atoms. The molecule has 172 valence electrons. The zero-order valence-electron chi connectivity index (χ0n) is 18.8. The van der Waals surface area contributed by atoms with E-state index < -0.39 is 10.8 Å². The second-order valence-corrected chi connectivity index (χ2v) is 7.34. The van der Waals surface area contributed by atoms with Crippen molar-refractivity contribution in [3.05, 3.63) is 99.1 Å².